The Bertz CT molecular complexity index is 851. The lowest BCUT2D eigenvalue weighted by Crippen LogP contribution is -2.38. The van der Waals surface area contributed by atoms with E-state index in [1.54, 1.807) is 12.3 Å². The average Bonchev–Trinajstić information content (AvgIpc) is 3.48. The highest BCUT2D eigenvalue weighted by Crippen LogP contribution is 2.42. The molecule has 1 amide bonds. The number of nitrogens with zero attached hydrogens (tertiary/aromatic N) is 3. The number of carbonyl (C=O) groups excluding carboxylic acids is 1. The van der Waals surface area contributed by atoms with Crippen molar-refractivity contribution in [3.05, 3.63) is 23.5 Å². The molecule has 0 unspecified atom stereocenters. The van der Waals surface area contributed by atoms with Crippen LogP contribution in [0.15, 0.2) is 12.3 Å². The number of aromatic nitrogens is 3. The summed E-state index contributed by atoms with van der Waals surface area (Å²) in [5, 5.41) is 16.8. The molecule has 2 fully saturated rings. The van der Waals surface area contributed by atoms with Crippen LogP contribution in [0.5, 0.6) is 0 Å². The molecular formula is C18H22N4O3. The zero-order chi connectivity index (χ0) is 17.7. The molecule has 2 N–H and O–H groups in total. The number of carbonyl (C=O) groups is 2. The van der Waals surface area contributed by atoms with E-state index in [1.807, 2.05) is 4.68 Å². The second kappa shape index (κ2) is 5.82. The van der Waals surface area contributed by atoms with Gasteiger partial charge in [-0.2, -0.15) is 5.10 Å². The van der Waals surface area contributed by atoms with Gasteiger partial charge >= 0.3 is 5.97 Å². The number of hydrogen-bond donors (Lipinski definition) is 2. The number of hydrogen-bond acceptors (Lipinski definition) is 4. The maximum absolute atomic E-state index is 12.7. The summed E-state index contributed by atoms with van der Waals surface area (Å²) < 4.78 is 1.93. The molecule has 2 saturated carbocycles. The molecule has 2 atom stereocenters. The van der Waals surface area contributed by atoms with Crippen LogP contribution in [-0.2, 0) is 4.79 Å². The third-order valence-corrected chi connectivity index (χ3v) is 5.23. The fourth-order valence-electron chi connectivity index (χ4n) is 3.23. The lowest BCUT2D eigenvalue weighted by atomic mass is 10.1. The Kier molecular flexibility index (Phi) is 3.74. The van der Waals surface area contributed by atoms with Gasteiger partial charge in [-0.25, -0.2) is 9.67 Å². The van der Waals surface area contributed by atoms with Crippen molar-refractivity contribution in [3.8, 4) is 0 Å². The molecule has 2 heterocycles. The number of rotatable bonds is 6. The van der Waals surface area contributed by atoms with Gasteiger partial charge in [-0.05, 0) is 51.5 Å². The topological polar surface area (TPSA) is 97.1 Å². The summed E-state index contributed by atoms with van der Waals surface area (Å²) in [6, 6.07) is 1.12. The Balaban J connectivity index is 1.77. The van der Waals surface area contributed by atoms with E-state index in [4.69, 9.17) is 10.1 Å². The van der Waals surface area contributed by atoms with Crippen molar-refractivity contribution in [2.45, 2.75) is 57.5 Å². The van der Waals surface area contributed by atoms with Gasteiger partial charge < -0.3 is 10.4 Å². The predicted molar refractivity (Wildman–Crippen MR) is 91.5 cm³/mol. The van der Waals surface area contributed by atoms with Gasteiger partial charge in [0.2, 0.25) is 0 Å². The number of amides is 1. The molecule has 0 spiro atoms. The summed E-state index contributed by atoms with van der Waals surface area (Å²) in [5.41, 5.74) is 2.11. The first kappa shape index (κ1) is 16.1. The van der Waals surface area contributed by atoms with Gasteiger partial charge in [-0.1, -0.05) is 0 Å². The van der Waals surface area contributed by atoms with Gasteiger partial charge in [0.1, 0.15) is 6.04 Å². The highest BCUT2D eigenvalue weighted by Gasteiger charge is 2.33. The van der Waals surface area contributed by atoms with E-state index in [-0.39, 0.29) is 11.9 Å². The van der Waals surface area contributed by atoms with Crippen LogP contribution in [0, 0.1) is 5.92 Å². The lowest BCUT2D eigenvalue weighted by molar-refractivity contribution is -0.138. The van der Waals surface area contributed by atoms with Crippen LogP contribution in [0.2, 0.25) is 0 Å². The SMILES string of the molecule is C[C@H](C1CC1)n1ncc2c(C(=O)N[C@H](C)C(=O)O)cc(C3CC3)nc21. The monoisotopic (exact) mass is 342 g/mol. The van der Waals surface area contributed by atoms with Crippen LogP contribution in [0.3, 0.4) is 0 Å². The van der Waals surface area contributed by atoms with Crippen molar-refractivity contribution >= 4 is 22.9 Å². The molecule has 0 radical (unpaired) electrons. The highest BCUT2D eigenvalue weighted by atomic mass is 16.4. The molecule has 2 aliphatic carbocycles. The molecule has 7 nitrogen and oxygen atoms in total. The first-order valence-corrected chi connectivity index (χ1v) is 8.87. The molecule has 4 rings (SSSR count). The Morgan fingerprint density at radius 3 is 2.60 bits per heavy atom. The van der Waals surface area contributed by atoms with Gasteiger partial charge in [-0.15, -0.1) is 0 Å². The Morgan fingerprint density at radius 2 is 2.00 bits per heavy atom. The molecule has 7 heteroatoms. The second-order valence-corrected chi connectivity index (χ2v) is 7.31. The van der Waals surface area contributed by atoms with Crippen LogP contribution in [0.1, 0.15) is 67.5 Å². The minimum atomic E-state index is -1.06. The molecule has 0 aliphatic heterocycles. The smallest absolute Gasteiger partial charge is 0.325 e. The molecule has 0 aromatic carbocycles. The molecule has 25 heavy (non-hydrogen) atoms. The fourth-order valence-corrected chi connectivity index (χ4v) is 3.23. The molecule has 2 aromatic heterocycles. The third-order valence-electron chi connectivity index (χ3n) is 5.23. The minimum absolute atomic E-state index is 0.258. The first-order valence-electron chi connectivity index (χ1n) is 8.87. The quantitative estimate of drug-likeness (QED) is 0.840. The van der Waals surface area contributed by atoms with Crippen LogP contribution >= 0.6 is 0 Å². The van der Waals surface area contributed by atoms with E-state index >= 15 is 0 Å². The summed E-state index contributed by atoms with van der Waals surface area (Å²) >= 11 is 0. The van der Waals surface area contributed by atoms with Gasteiger partial charge in [0.05, 0.1) is 23.2 Å². The predicted octanol–water partition coefficient (Wildman–Crippen LogP) is 2.48. The number of pyridine rings is 1. The standard InChI is InChI=1S/C18H22N4O3/c1-9(18(24)25)20-17(23)13-7-15(12-5-6-12)21-16-14(13)8-19-22(16)10(2)11-3-4-11/h7-12H,3-6H2,1-2H3,(H,20,23)(H,24,25)/t9-,10-/m1/s1. The van der Waals surface area contributed by atoms with Gasteiger partial charge in [0.25, 0.3) is 5.91 Å². The van der Waals surface area contributed by atoms with Gasteiger partial charge in [0.15, 0.2) is 5.65 Å². The van der Waals surface area contributed by atoms with E-state index < -0.39 is 12.0 Å². The van der Waals surface area contributed by atoms with Crippen LogP contribution in [-0.4, -0.2) is 37.8 Å². The number of carboxylic acids is 1. The normalized spacial score (nSPS) is 19.6. The minimum Gasteiger partial charge on any atom is -0.480 e. The Morgan fingerprint density at radius 1 is 1.28 bits per heavy atom. The summed E-state index contributed by atoms with van der Waals surface area (Å²) in [5.74, 6) is -0.423. The summed E-state index contributed by atoms with van der Waals surface area (Å²) in [6.45, 7) is 3.60. The average molecular weight is 342 g/mol. The Labute approximate surface area is 145 Å². The van der Waals surface area contributed by atoms with E-state index in [2.05, 4.69) is 17.3 Å². The van der Waals surface area contributed by atoms with E-state index in [0.29, 0.717) is 22.8 Å². The number of aliphatic carboxylic acids is 1. The van der Waals surface area contributed by atoms with Crippen LogP contribution in [0.4, 0.5) is 0 Å². The largest absolute Gasteiger partial charge is 0.480 e. The van der Waals surface area contributed by atoms with E-state index in [9.17, 15) is 9.59 Å². The zero-order valence-electron chi connectivity index (χ0n) is 14.4. The molecule has 2 aliphatic rings. The van der Waals surface area contributed by atoms with Gasteiger partial charge in [0, 0.05) is 11.6 Å². The van der Waals surface area contributed by atoms with E-state index in [0.717, 1.165) is 24.2 Å². The maximum Gasteiger partial charge on any atom is 0.325 e. The maximum atomic E-state index is 12.7. The second-order valence-electron chi connectivity index (χ2n) is 7.31. The molecule has 0 saturated heterocycles. The number of fused-ring (bicyclic) bond motifs is 1. The molecule has 2 aromatic rings. The van der Waals surface area contributed by atoms with Crippen molar-refractivity contribution in [2.75, 3.05) is 0 Å². The fraction of sp³-hybridized carbons (Fsp3) is 0.556. The van der Waals surface area contributed by atoms with Crippen molar-refractivity contribution < 1.29 is 14.7 Å². The lowest BCUT2D eigenvalue weighted by Gasteiger charge is -2.14. The van der Waals surface area contributed by atoms with Crippen molar-refractivity contribution in [1.29, 1.82) is 0 Å². The molecular weight excluding hydrogens is 320 g/mol. The van der Waals surface area contributed by atoms with Crippen molar-refractivity contribution in [2.24, 2.45) is 5.92 Å². The first-order chi connectivity index (χ1) is 12.0. The highest BCUT2D eigenvalue weighted by molar-refractivity contribution is 6.06. The number of carboxylic acid groups (broad SMARTS) is 1. The van der Waals surface area contributed by atoms with Crippen molar-refractivity contribution in [3.63, 3.8) is 0 Å². The zero-order valence-corrected chi connectivity index (χ0v) is 14.4. The molecule has 0 bridgehead atoms. The third kappa shape index (κ3) is 2.99. The summed E-state index contributed by atoms with van der Waals surface area (Å²) in [7, 11) is 0. The van der Waals surface area contributed by atoms with E-state index in [1.165, 1.54) is 19.8 Å². The van der Waals surface area contributed by atoms with Crippen molar-refractivity contribution in [1.82, 2.24) is 20.1 Å². The van der Waals surface area contributed by atoms with Crippen LogP contribution < -0.4 is 5.32 Å². The Hall–Kier alpha value is -2.44. The summed E-state index contributed by atoms with van der Waals surface area (Å²) in [4.78, 5) is 28.5. The summed E-state index contributed by atoms with van der Waals surface area (Å²) in [6.07, 6.45) is 6.25. The number of nitrogens with one attached hydrogen (secondary N) is 1. The van der Waals surface area contributed by atoms with Crippen LogP contribution in [0.25, 0.3) is 11.0 Å². The van der Waals surface area contributed by atoms with Gasteiger partial charge in [-0.3, -0.25) is 9.59 Å². The molecule has 132 valence electrons.